The second-order valence-electron chi connectivity index (χ2n) is 2.57. The summed E-state index contributed by atoms with van der Waals surface area (Å²) >= 11 is 7.58. The van der Waals surface area contributed by atoms with Crippen molar-refractivity contribution in [2.45, 2.75) is 6.18 Å². The van der Waals surface area contributed by atoms with E-state index in [1.165, 1.54) is 0 Å². The average Bonchev–Trinajstić information content (AvgIpc) is 1.99. The molecule has 0 unspecified atom stereocenters. The van der Waals surface area contributed by atoms with E-state index in [0.717, 1.165) is 12.1 Å². The lowest BCUT2D eigenvalue weighted by Crippen LogP contribution is -2.16. The van der Waals surface area contributed by atoms with E-state index in [1.54, 1.807) is 0 Å². The van der Waals surface area contributed by atoms with Crippen molar-refractivity contribution >= 4 is 46.4 Å². The molecule has 1 aromatic rings. The van der Waals surface area contributed by atoms with Gasteiger partial charge in [0.1, 0.15) is 11.4 Å². The van der Waals surface area contributed by atoms with Crippen LogP contribution in [-0.2, 0) is 6.18 Å². The van der Waals surface area contributed by atoms with Crippen LogP contribution in [0.2, 0.25) is 5.02 Å². The van der Waals surface area contributed by atoms with E-state index in [9.17, 15) is 17.6 Å². The molecule has 0 heterocycles. The molecule has 0 radical (unpaired) electrons. The summed E-state index contributed by atoms with van der Waals surface area (Å²) < 4.78 is 50.2. The zero-order valence-electron chi connectivity index (χ0n) is 6.63. The molecule has 14 heavy (non-hydrogen) atoms. The number of rotatable bonds is 1. The summed E-state index contributed by atoms with van der Waals surface area (Å²) in [5.41, 5.74) is -1.39. The normalized spacial score (nSPS) is 11.3. The van der Waals surface area contributed by atoms with Gasteiger partial charge in [-0.2, -0.15) is 13.2 Å². The number of benzene rings is 1. The SMILES string of the molecule is Fc1c[c]([Mg][Br])cc(Cl)c1C(F)(F)F. The van der Waals surface area contributed by atoms with Crippen molar-refractivity contribution in [3.63, 3.8) is 0 Å². The first-order chi connectivity index (χ1) is 6.36. The summed E-state index contributed by atoms with van der Waals surface area (Å²) in [6.45, 7) is 0. The van der Waals surface area contributed by atoms with Crippen molar-refractivity contribution in [2.75, 3.05) is 0 Å². The average molecular weight is 302 g/mol. The fourth-order valence-corrected chi connectivity index (χ4v) is 2.95. The predicted octanol–water partition coefficient (Wildman–Crippen LogP) is 3.14. The monoisotopic (exact) mass is 300 g/mol. The van der Waals surface area contributed by atoms with Crippen LogP contribution in [0.1, 0.15) is 5.56 Å². The van der Waals surface area contributed by atoms with Crippen molar-refractivity contribution in [3.8, 4) is 0 Å². The molecule has 0 aliphatic rings. The number of alkyl halides is 3. The van der Waals surface area contributed by atoms with Gasteiger partial charge in [-0.1, -0.05) is 17.7 Å². The topological polar surface area (TPSA) is 0 Å². The third-order valence-electron chi connectivity index (χ3n) is 1.54. The highest BCUT2D eigenvalue weighted by atomic mass is 79.9. The molecule has 0 fully saturated rings. The molecule has 0 nitrogen and oxygen atoms in total. The Morgan fingerprint density at radius 3 is 2.21 bits per heavy atom. The van der Waals surface area contributed by atoms with Crippen LogP contribution >= 0.6 is 24.5 Å². The first kappa shape index (κ1) is 12.5. The zero-order chi connectivity index (χ0) is 10.9. The molecule has 0 N–H and O–H groups in total. The Bertz CT molecular complexity index is 329. The van der Waals surface area contributed by atoms with Crippen molar-refractivity contribution < 1.29 is 17.6 Å². The van der Waals surface area contributed by atoms with Crippen molar-refractivity contribution in [2.24, 2.45) is 0 Å². The van der Waals surface area contributed by atoms with Crippen LogP contribution in [0.4, 0.5) is 17.6 Å². The fourth-order valence-electron chi connectivity index (χ4n) is 0.974. The Balaban J connectivity index is 3.33. The van der Waals surface area contributed by atoms with Gasteiger partial charge in [0.15, 0.2) is 0 Å². The zero-order valence-corrected chi connectivity index (χ0v) is 10.4. The summed E-state index contributed by atoms with van der Waals surface area (Å²) in [6.07, 6.45) is -4.74. The van der Waals surface area contributed by atoms with E-state index in [4.69, 9.17) is 11.6 Å². The van der Waals surface area contributed by atoms with E-state index in [2.05, 4.69) is 12.9 Å². The van der Waals surface area contributed by atoms with Crippen molar-refractivity contribution in [1.29, 1.82) is 0 Å². The number of halogens is 6. The van der Waals surface area contributed by atoms with Gasteiger partial charge in [0, 0.05) is 0 Å². The van der Waals surface area contributed by atoms with Crippen LogP contribution in [-0.4, -0.2) is 18.2 Å². The van der Waals surface area contributed by atoms with Crippen molar-refractivity contribution in [3.05, 3.63) is 28.5 Å². The molecule has 0 atom stereocenters. The lowest BCUT2D eigenvalue weighted by Gasteiger charge is -2.11. The van der Waals surface area contributed by atoms with Crippen LogP contribution in [0, 0.1) is 5.82 Å². The minimum Gasteiger partial charge on any atom is -0.296 e. The lowest BCUT2D eigenvalue weighted by atomic mass is 10.2. The first-order valence-corrected chi connectivity index (χ1v) is 8.45. The maximum Gasteiger partial charge on any atom is 0.507 e. The van der Waals surface area contributed by atoms with E-state index < -0.39 is 40.8 Å². The van der Waals surface area contributed by atoms with Gasteiger partial charge in [0.05, 0.1) is 5.02 Å². The molecule has 0 amide bonds. The van der Waals surface area contributed by atoms with Crippen LogP contribution < -0.4 is 3.69 Å². The molecule has 0 bridgehead atoms. The van der Waals surface area contributed by atoms with E-state index >= 15 is 0 Å². The van der Waals surface area contributed by atoms with Crippen LogP contribution in [0.25, 0.3) is 0 Å². The number of hydrogen-bond donors (Lipinski definition) is 0. The minimum atomic E-state index is -4.74. The Kier molecular flexibility index (Phi) is 4.08. The highest BCUT2D eigenvalue weighted by Crippen LogP contribution is 2.35. The minimum absolute atomic E-state index is 0.500. The molecule has 0 saturated carbocycles. The third kappa shape index (κ3) is 2.74. The maximum atomic E-state index is 13.0. The predicted molar refractivity (Wildman–Crippen MR) is 50.7 cm³/mol. The standard InChI is InChI=1S/C7H2ClF4.BrH.Mg/c8-4-2-1-3-5(9)6(4)7(10,11)12;;/h2-3H;1H;/q;;+1/p-1. The highest BCUT2D eigenvalue weighted by molar-refractivity contribution is 9.23. The van der Waals surface area contributed by atoms with E-state index in [-0.39, 0.29) is 0 Å². The molecule has 0 aromatic heterocycles. The summed E-state index contributed by atoms with van der Waals surface area (Å²) in [7, 11) is 0. The van der Waals surface area contributed by atoms with Crippen LogP contribution in [0.3, 0.4) is 0 Å². The van der Waals surface area contributed by atoms with Gasteiger partial charge < -0.3 is 0 Å². The molecule has 0 aliphatic carbocycles. The largest absolute Gasteiger partial charge is 0.507 e. The van der Waals surface area contributed by atoms with Gasteiger partial charge in [-0.05, 0) is 6.07 Å². The maximum absolute atomic E-state index is 13.0. The molecule has 7 heteroatoms. The number of hydrogen-bond acceptors (Lipinski definition) is 0. The summed E-state index contributed by atoms with van der Waals surface area (Å²) in [4.78, 5) is 0. The van der Waals surface area contributed by atoms with Crippen molar-refractivity contribution in [1.82, 2.24) is 0 Å². The van der Waals surface area contributed by atoms with Gasteiger partial charge in [-0.15, -0.1) is 3.69 Å². The Hall–Kier alpha value is 0.476. The molecule has 1 rings (SSSR count). The third-order valence-corrected chi connectivity index (χ3v) is 4.50. The van der Waals surface area contributed by atoms with Gasteiger partial charge in [0.2, 0.25) is 0 Å². The van der Waals surface area contributed by atoms with Gasteiger partial charge in [-0.3, -0.25) is 12.9 Å². The quantitative estimate of drug-likeness (QED) is 0.552. The molecule has 74 valence electrons. The van der Waals surface area contributed by atoms with Crippen LogP contribution in [0.5, 0.6) is 0 Å². The fraction of sp³-hybridized carbons (Fsp3) is 0.143. The molecule has 0 aliphatic heterocycles. The lowest BCUT2D eigenvalue weighted by molar-refractivity contribution is -0.139. The first-order valence-electron chi connectivity index (χ1n) is 3.47. The van der Waals surface area contributed by atoms with Gasteiger partial charge >= 0.3 is 24.4 Å². The molecular weight excluding hydrogens is 300 g/mol. The van der Waals surface area contributed by atoms with Crippen LogP contribution in [0.15, 0.2) is 12.1 Å². The molecule has 1 aromatic carbocycles. The second-order valence-corrected chi connectivity index (χ2v) is 5.74. The molecule has 0 saturated heterocycles. The van der Waals surface area contributed by atoms with Gasteiger partial charge in [-0.25, -0.2) is 4.39 Å². The smallest absolute Gasteiger partial charge is 0.296 e. The Morgan fingerprint density at radius 2 is 1.86 bits per heavy atom. The Labute approximate surface area is 98.2 Å². The van der Waals surface area contributed by atoms with Gasteiger partial charge in [0.25, 0.3) is 0 Å². The summed E-state index contributed by atoms with van der Waals surface area (Å²) in [6, 6.07) is 2.02. The molecule has 0 spiro atoms. The molecular formula is C7H2BrClF4Mg. The Morgan fingerprint density at radius 1 is 1.29 bits per heavy atom. The van der Waals surface area contributed by atoms with E-state index in [1.807, 2.05) is 0 Å². The summed E-state index contributed by atoms with van der Waals surface area (Å²) in [5.74, 6) is -1.31. The highest BCUT2D eigenvalue weighted by Gasteiger charge is 2.36. The summed E-state index contributed by atoms with van der Waals surface area (Å²) in [5, 5.41) is -0.584. The van der Waals surface area contributed by atoms with E-state index in [0.29, 0.717) is 3.69 Å². The second kappa shape index (κ2) is 4.55.